The van der Waals surface area contributed by atoms with Crippen molar-refractivity contribution in [3.05, 3.63) is 34.9 Å². The number of carbonyl (C=O) groups is 1. The maximum absolute atomic E-state index is 12.0. The van der Waals surface area contributed by atoms with Gasteiger partial charge < -0.3 is 10.4 Å². The van der Waals surface area contributed by atoms with Gasteiger partial charge in [0.25, 0.3) is 0 Å². The summed E-state index contributed by atoms with van der Waals surface area (Å²) in [7, 11) is 0. The summed E-state index contributed by atoms with van der Waals surface area (Å²) in [5.41, 5.74) is 0.845. The van der Waals surface area contributed by atoms with E-state index in [0.717, 1.165) is 43.5 Å². The molecule has 0 heterocycles. The van der Waals surface area contributed by atoms with Crippen LogP contribution in [0.2, 0.25) is 5.02 Å². The highest BCUT2D eigenvalue weighted by atomic mass is 35.5. The highest BCUT2D eigenvalue weighted by molar-refractivity contribution is 6.30. The number of carbonyl (C=O) groups excluding carboxylic acids is 1. The maximum atomic E-state index is 12.0. The van der Waals surface area contributed by atoms with Gasteiger partial charge in [-0.3, -0.25) is 4.79 Å². The second-order valence-electron chi connectivity index (χ2n) is 5.67. The quantitative estimate of drug-likeness (QED) is 0.847. The fourth-order valence-corrected chi connectivity index (χ4v) is 2.96. The molecular formula is C16H22ClNO2. The Hall–Kier alpha value is -1.06. The van der Waals surface area contributed by atoms with Crippen LogP contribution >= 0.6 is 11.6 Å². The molecule has 1 aromatic rings. The molecule has 0 saturated heterocycles. The number of nitrogens with one attached hydrogen (secondary N) is 1. The Bertz CT molecular complexity index is 438. The van der Waals surface area contributed by atoms with Gasteiger partial charge in [-0.15, -0.1) is 0 Å². The van der Waals surface area contributed by atoms with Crippen molar-refractivity contribution < 1.29 is 9.90 Å². The lowest BCUT2D eigenvalue weighted by Gasteiger charge is -2.28. The van der Waals surface area contributed by atoms with Crippen molar-refractivity contribution in [2.75, 3.05) is 6.61 Å². The third-order valence-electron chi connectivity index (χ3n) is 4.05. The molecule has 2 rings (SSSR count). The largest absolute Gasteiger partial charge is 0.394 e. The predicted molar refractivity (Wildman–Crippen MR) is 80.8 cm³/mol. The average Bonchev–Trinajstić information content (AvgIpc) is 2.90. The van der Waals surface area contributed by atoms with E-state index in [1.54, 1.807) is 0 Å². The van der Waals surface area contributed by atoms with Crippen LogP contribution in [0.3, 0.4) is 0 Å². The summed E-state index contributed by atoms with van der Waals surface area (Å²) in [6.07, 6.45) is 6.16. The number of hydrogen-bond acceptors (Lipinski definition) is 2. The first-order chi connectivity index (χ1) is 9.63. The number of aliphatic hydroxyl groups excluding tert-OH is 1. The fourth-order valence-electron chi connectivity index (χ4n) is 2.84. The van der Waals surface area contributed by atoms with Crippen molar-refractivity contribution in [2.45, 2.75) is 50.5 Å². The van der Waals surface area contributed by atoms with Crippen molar-refractivity contribution >= 4 is 17.5 Å². The molecule has 0 atom stereocenters. The zero-order chi connectivity index (χ0) is 14.4. The van der Waals surface area contributed by atoms with Crippen LogP contribution in [0.1, 0.15) is 44.1 Å². The summed E-state index contributed by atoms with van der Waals surface area (Å²) in [6.45, 7) is 0.0515. The van der Waals surface area contributed by atoms with Crippen LogP contribution < -0.4 is 5.32 Å². The van der Waals surface area contributed by atoms with Gasteiger partial charge in [0.1, 0.15) is 0 Å². The molecule has 1 aliphatic rings. The minimum absolute atomic E-state index is 0.0508. The number of aliphatic hydroxyl groups is 1. The first-order valence-corrected chi connectivity index (χ1v) is 7.68. The van der Waals surface area contributed by atoms with Crippen LogP contribution in [-0.2, 0) is 11.2 Å². The molecule has 1 aromatic carbocycles. The SMILES string of the molecule is O=C(CCCc1ccc(Cl)cc1)NC1(CO)CCCC1. The molecule has 3 nitrogen and oxygen atoms in total. The zero-order valence-electron chi connectivity index (χ0n) is 11.7. The van der Waals surface area contributed by atoms with E-state index in [-0.39, 0.29) is 18.1 Å². The van der Waals surface area contributed by atoms with E-state index in [1.807, 2.05) is 24.3 Å². The fraction of sp³-hybridized carbons (Fsp3) is 0.562. The zero-order valence-corrected chi connectivity index (χ0v) is 12.5. The smallest absolute Gasteiger partial charge is 0.220 e. The van der Waals surface area contributed by atoms with Gasteiger partial charge >= 0.3 is 0 Å². The first kappa shape index (κ1) is 15.3. The van der Waals surface area contributed by atoms with Gasteiger partial charge in [0.15, 0.2) is 0 Å². The maximum Gasteiger partial charge on any atom is 0.220 e. The topological polar surface area (TPSA) is 49.3 Å². The molecule has 2 N–H and O–H groups in total. The van der Waals surface area contributed by atoms with Crippen molar-refractivity contribution in [3.8, 4) is 0 Å². The molecule has 1 saturated carbocycles. The van der Waals surface area contributed by atoms with Gasteiger partial charge in [0.2, 0.25) is 5.91 Å². The van der Waals surface area contributed by atoms with Crippen LogP contribution in [0, 0.1) is 0 Å². The van der Waals surface area contributed by atoms with Gasteiger partial charge in [0.05, 0.1) is 12.1 Å². The second-order valence-corrected chi connectivity index (χ2v) is 6.11. The minimum Gasteiger partial charge on any atom is -0.394 e. The number of rotatable bonds is 6. The molecule has 110 valence electrons. The van der Waals surface area contributed by atoms with Gasteiger partial charge in [0, 0.05) is 11.4 Å². The Morgan fingerprint density at radius 3 is 2.50 bits per heavy atom. The summed E-state index contributed by atoms with van der Waals surface area (Å²) in [6, 6.07) is 7.73. The summed E-state index contributed by atoms with van der Waals surface area (Å²) in [4.78, 5) is 12.0. The van der Waals surface area contributed by atoms with E-state index in [4.69, 9.17) is 11.6 Å². The van der Waals surface area contributed by atoms with Crippen LogP contribution in [0.15, 0.2) is 24.3 Å². The lowest BCUT2D eigenvalue weighted by molar-refractivity contribution is -0.123. The molecule has 0 unspecified atom stereocenters. The van der Waals surface area contributed by atoms with Crippen LogP contribution in [0.4, 0.5) is 0 Å². The Morgan fingerprint density at radius 2 is 1.90 bits per heavy atom. The summed E-state index contributed by atoms with van der Waals surface area (Å²) < 4.78 is 0. The van der Waals surface area contributed by atoms with Gasteiger partial charge in [-0.25, -0.2) is 0 Å². The molecule has 4 heteroatoms. The van der Waals surface area contributed by atoms with Gasteiger partial charge in [-0.2, -0.15) is 0 Å². The normalized spacial score (nSPS) is 17.1. The first-order valence-electron chi connectivity index (χ1n) is 7.30. The standard InChI is InChI=1S/C16H22ClNO2/c17-14-8-6-13(7-9-14)4-3-5-15(20)18-16(12-19)10-1-2-11-16/h6-9,19H,1-5,10-12H2,(H,18,20). The monoisotopic (exact) mass is 295 g/mol. The van der Waals surface area contributed by atoms with Crippen molar-refractivity contribution in [1.82, 2.24) is 5.32 Å². The molecular weight excluding hydrogens is 274 g/mol. The van der Waals surface area contributed by atoms with E-state index in [0.29, 0.717) is 6.42 Å². The lowest BCUT2D eigenvalue weighted by atomic mass is 9.98. The van der Waals surface area contributed by atoms with Crippen LogP contribution in [0.25, 0.3) is 0 Å². The molecule has 0 aromatic heterocycles. The summed E-state index contributed by atoms with van der Waals surface area (Å²) in [5.74, 6) is 0.0508. The molecule has 1 amide bonds. The number of benzene rings is 1. The molecule has 0 bridgehead atoms. The third-order valence-corrected chi connectivity index (χ3v) is 4.30. The van der Waals surface area contributed by atoms with E-state index in [9.17, 15) is 9.90 Å². The molecule has 0 spiro atoms. The predicted octanol–water partition coefficient (Wildman–Crippen LogP) is 3.08. The van der Waals surface area contributed by atoms with Gasteiger partial charge in [-0.05, 0) is 43.4 Å². The Balaban J connectivity index is 1.73. The minimum atomic E-state index is -0.350. The van der Waals surface area contributed by atoms with Crippen molar-refractivity contribution in [3.63, 3.8) is 0 Å². The number of hydrogen-bond donors (Lipinski definition) is 2. The molecule has 0 radical (unpaired) electrons. The van der Waals surface area contributed by atoms with E-state index < -0.39 is 0 Å². The Kier molecular flexibility index (Phi) is 5.44. The van der Waals surface area contributed by atoms with Crippen molar-refractivity contribution in [2.24, 2.45) is 0 Å². The van der Waals surface area contributed by atoms with E-state index in [2.05, 4.69) is 5.32 Å². The highest BCUT2D eigenvalue weighted by Gasteiger charge is 2.34. The molecule has 1 aliphatic carbocycles. The highest BCUT2D eigenvalue weighted by Crippen LogP contribution is 2.29. The second kappa shape index (κ2) is 7.09. The molecule has 1 fully saturated rings. The number of halogens is 1. The Labute approximate surface area is 125 Å². The van der Waals surface area contributed by atoms with E-state index >= 15 is 0 Å². The molecule has 0 aliphatic heterocycles. The van der Waals surface area contributed by atoms with Crippen LogP contribution in [0.5, 0.6) is 0 Å². The van der Waals surface area contributed by atoms with Gasteiger partial charge in [-0.1, -0.05) is 36.6 Å². The average molecular weight is 296 g/mol. The summed E-state index contributed by atoms with van der Waals surface area (Å²) in [5, 5.41) is 13.2. The lowest BCUT2D eigenvalue weighted by Crippen LogP contribution is -2.49. The Morgan fingerprint density at radius 1 is 1.25 bits per heavy atom. The van der Waals surface area contributed by atoms with E-state index in [1.165, 1.54) is 5.56 Å². The molecule has 20 heavy (non-hydrogen) atoms. The van der Waals surface area contributed by atoms with Crippen LogP contribution in [-0.4, -0.2) is 23.2 Å². The summed E-state index contributed by atoms with van der Waals surface area (Å²) >= 11 is 5.83. The van der Waals surface area contributed by atoms with Crippen molar-refractivity contribution in [1.29, 1.82) is 0 Å². The third kappa shape index (κ3) is 4.22. The number of amides is 1. The number of aryl methyl sites for hydroxylation is 1.